The molecule has 0 radical (unpaired) electrons. The quantitative estimate of drug-likeness (QED) is 0.809. The van der Waals surface area contributed by atoms with E-state index < -0.39 is 0 Å². The summed E-state index contributed by atoms with van der Waals surface area (Å²) in [5.74, 6) is -0.0989. The third-order valence-electron chi connectivity index (χ3n) is 3.14. The Morgan fingerprint density at radius 3 is 2.71 bits per heavy atom. The Kier molecular flexibility index (Phi) is 4.47. The Labute approximate surface area is 128 Å². The summed E-state index contributed by atoms with van der Waals surface area (Å²) in [6.07, 6.45) is 6.84. The van der Waals surface area contributed by atoms with Crippen LogP contribution in [-0.2, 0) is 25.4 Å². The summed E-state index contributed by atoms with van der Waals surface area (Å²) < 4.78 is 3.29. The molecule has 0 aromatic carbocycles. The smallest absolute Gasteiger partial charge is 0.246 e. The van der Waals surface area contributed by atoms with Gasteiger partial charge >= 0.3 is 0 Å². The van der Waals surface area contributed by atoms with Gasteiger partial charge in [0.1, 0.15) is 5.15 Å². The van der Waals surface area contributed by atoms with Crippen molar-refractivity contribution in [2.75, 3.05) is 7.05 Å². The lowest BCUT2D eigenvalue weighted by Crippen LogP contribution is -2.23. The first-order valence-corrected chi connectivity index (χ1v) is 6.86. The normalized spacial score (nSPS) is 11.3. The summed E-state index contributed by atoms with van der Waals surface area (Å²) in [6.45, 7) is 2.37. The van der Waals surface area contributed by atoms with Gasteiger partial charge in [0.05, 0.1) is 11.9 Å². The lowest BCUT2D eigenvalue weighted by atomic mass is 10.2. The van der Waals surface area contributed by atoms with Gasteiger partial charge in [0.15, 0.2) is 0 Å². The standard InChI is InChI=1S/C14H18ClN5O/c1-10-12(14(15)20(4)17-10)5-6-13(21)18(2)8-11-7-16-19(3)9-11/h5-7,9H,8H2,1-4H3. The summed E-state index contributed by atoms with van der Waals surface area (Å²) in [5.41, 5.74) is 2.54. The summed E-state index contributed by atoms with van der Waals surface area (Å²) in [6, 6.07) is 0. The topological polar surface area (TPSA) is 56.0 Å². The molecule has 6 nitrogen and oxygen atoms in total. The van der Waals surface area contributed by atoms with Gasteiger partial charge in [0.2, 0.25) is 5.91 Å². The van der Waals surface area contributed by atoms with Crippen molar-refractivity contribution in [2.24, 2.45) is 14.1 Å². The van der Waals surface area contributed by atoms with E-state index in [1.807, 2.05) is 20.2 Å². The molecule has 0 saturated carbocycles. The number of hydrogen-bond donors (Lipinski definition) is 0. The highest BCUT2D eigenvalue weighted by molar-refractivity contribution is 6.31. The number of hydrogen-bond acceptors (Lipinski definition) is 3. The van der Waals surface area contributed by atoms with E-state index in [2.05, 4.69) is 10.2 Å². The van der Waals surface area contributed by atoms with E-state index in [0.29, 0.717) is 11.7 Å². The number of carbonyl (C=O) groups is 1. The zero-order chi connectivity index (χ0) is 15.6. The van der Waals surface area contributed by atoms with Gasteiger partial charge in [0.25, 0.3) is 0 Å². The van der Waals surface area contributed by atoms with Crippen molar-refractivity contribution in [3.8, 4) is 0 Å². The van der Waals surface area contributed by atoms with Gasteiger partial charge in [-0.25, -0.2) is 0 Å². The summed E-state index contributed by atoms with van der Waals surface area (Å²) in [4.78, 5) is 13.7. The van der Waals surface area contributed by atoms with Gasteiger partial charge in [-0.1, -0.05) is 11.6 Å². The molecule has 0 atom stereocenters. The zero-order valence-corrected chi connectivity index (χ0v) is 13.3. The van der Waals surface area contributed by atoms with Crippen molar-refractivity contribution >= 4 is 23.6 Å². The number of halogens is 1. The summed E-state index contributed by atoms with van der Waals surface area (Å²) in [5, 5.41) is 8.80. The molecule has 0 saturated heterocycles. The van der Waals surface area contributed by atoms with Crippen molar-refractivity contribution in [2.45, 2.75) is 13.5 Å². The molecule has 0 bridgehead atoms. The van der Waals surface area contributed by atoms with Crippen LogP contribution in [0.15, 0.2) is 18.5 Å². The van der Waals surface area contributed by atoms with Gasteiger partial charge in [-0.3, -0.25) is 14.2 Å². The molecule has 7 heteroatoms. The van der Waals surface area contributed by atoms with Crippen LogP contribution in [0.1, 0.15) is 16.8 Å². The first-order valence-electron chi connectivity index (χ1n) is 6.48. The second-order valence-electron chi connectivity index (χ2n) is 4.96. The Balaban J connectivity index is 2.04. The molecule has 1 amide bonds. The van der Waals surface area contributed by atoms with E-state index >= 15 is 0 Å². The minimum atomic E-state index is -0.0989. The Morgan fingerprint density at radius 1 is 1.48 bits per heavy atom. The summed E-state index contributed by atoms with van der Waals surface area (Å²) in [7, 11) is 5.36. The second-order valence-corrected chi connectivity index (χ2v) is 5.32. The van der Waals surface area contributed by atoms with Crippen LogP contribution < -0.4 is 0 Å². The van der Waals surface area contributed by atoms with Crippen molar-refractivity contribution in [1.29, 1.82) is 0 Å². The molecular weight excluding hydrogens is 290 g/mol. The minimum absolute atomic E-state index is 0.0989. The molecule has 2 aromatic heterocycles. The van der Waals surface area contributed by atoms with Crippen LogP contribution in [-0.4, -0.2) is 37.4 Å². The first kappa shape index (κ1) is 15.3. The SMILES string of the molecule is Cc1nn(C)c(Cl)c1C=CC(=O)N(C)Cc1cnn(C)c1. The van der Waals surface area contributed by atoms with Crippen LogP contribution in [0.2, 0.25) is 5.15 Å². The maximum absolute atomic E-state index is 12.1. The van der Waals surface area contributed by atoms with Crippen molar-refractivity contribution in [3.63, 3.8) is 0 Å². The molecule has 0 N–H and O–H groups in total. The highest BCUT2D eigenvalue weighted by Gasteiger charge is 2.10. The number of aryl methyl sites for hydroxylation is 3. The fourth-order valence-corrected chi connectivity index (χ4v) is 2.26. The highest BCUT2D eigenvalue weighted by Crippen LogP contribution is 2.20. The molecular formula is C14H18ClN5O. The van der Waals surface area contributed by atoms with E-state index in [1.54, 1.807) is 40.6 Å². The average Bonchev–Trinajstić information content (AvgIpc) is 2.92. The van der Waals surface area contributed by atoms with Crippen molar-refractivity contribution in [3.05, 3.63) is 40.4 Å². The van der Waals surface area contributed by atoms with Crippen LogP contribution in [0.25, 0.3) is 6.08 Å². The largest absolute Gasteiger partial charge is 0.338 e. The van der Waals surface area contributed by atoms with Crippen LogP contribution in [0.4, 0.5) is 0 Å². The Bertz CT molecular complexity index is 686. The third-order valence-corrected chi connectivity index (χ3v) is 3.59. The molecule has 2 rings (SSSR count). The minimum Gasteiger partial charge on any atom is -0.338 e. The van der Waals surface area contributed by atoms with E-state index in [-0.39, 0.29) is 5.91 Å². The maximum atomic E-state index is 12.1. The number of amides is 1. The molecule has 2 aromatic rings. The molecule has 21 heavy (non-hydrogen) atoms. The van der Waals surface area contributed by atoms with Gasteiger partial charge < -0.3 is 4.90 Å². The molecule has 0 fully saturated rings. The third kappa shape index (κ3) is 3.52. The number of nitrogens with zero attached hydrogens (tertiary/aromatic N) is 5. The van der Waals surface area contributed by atoms with Crippen molar-refractivity contribution in [1.82, 2.24) is 24.5 Å². The van der Waals surface area contributed by atoms with E-state index in [4.69, 9.17) is 11.6 Å². The molecule has 0 aliphatic heterocycles. The molecule has 0 spiro atoms. The van der Waals surface area contributed by atoms with Crippen LogP contribution >= 0.6 is 11.6 Å². The number of rotatable bonds is 4. The first-order chi connectivity index (χ1) is 9.88. The lowest BCUT2D eigenvalue weighted by molar-refractivity contribution is -0.125. The average molecular weight is 308 g/mol. The number of carbonyl (C=O) groups excluding carboxylic acids is 1. The van der Waals surface area contributed by atoms with Crippen molar-refractivity contribution < 1.29 is 4.79 Å². The van der Waals surface area contributed by atoms with Gasteiger partial charge in [0, 0.05) is 51.1 Å². The number of likely N-dealkylation sites (N-methyl/N-ethyl adjacent to an activating group) is 1. The molecule has 112 valence electrons. The summed E-state index contributed by atoms with van der Waals surface area (Å²) >= 11 is 6.12. The molecule has 0 aliphatic carbocycles. The molecule has 0 aliphatic rings. The highest BCUT2D eigenvalue weighted by atomic mass is 35.5. The molecule has 0 unspecified atom stereocenters. The van der Waals surface area contributed by atoms with Gasteiger partial charge in [-0.2, -0.15) is 10.2 Å². The zero-order valence-electron chi connectivity index (χ0n) is 12.5. The predicted molar refractivity (Wildman–Crippen MR) is 81.7 cm³/mol. The monoisotopic (exact) mass is 307 g/mol. The van der Waals surface area contributed by atoms with Crippen LogP contribution in [0.5, 0.6) is 0 Å². The van der Waals surface area contributed by atoms with Gasteiger partial charge in [-0.15, -0.1) is 0 Å². The number of aromatic nitrogens is 4. The predicted octanol–water partition coefficient (Wildman–Crippen LogP) is 1.79. The fourth-order valence-electron chi connectivity index (χ4n) is 2.02. The van der Waals surface area contributed by atoms with Gasteiger partial charge in [-0.05, 0) is 13.0 Å². The lowest BCUT2D eigenvalue weighted by Gasteiger charge is -2.13. The van der Waals surface area contributed by atoms with E-state index in [9.17, 15) is 4.79 Å². The van der Waals surface area contributed by atoms with E-state index in [1.165, 1.54) is 6.08 Å². The maximum Gasteiger partial charge on any atom is 0.246 e. The Morgan fingerprint density at radius 2 is 2.19 bits per heavy atom. The van der Waals surface area contributed by atoms with E-state index in [0.717, 1.165) is 16.8 Å². The fraction of sp³-hybridized carbons (Fsp3) is 0.357. The molecule has 2 heterocycles. The van der Waals surface area contributed by atoms with Crippen LogP contribution in [0, 0.1) is 6.92 Å². The Hall–Kier alpha value is -2.08. The second kappa shape index (κ2) is 6.13. The van der Waals surface area contributed by atoms with Crippen LogP contribution in [0.3, 0.4) is 0 Å².